The van der Waals surface area contributed by atoms with E-state index in [1.807, 2.05) is 24.3 Å². The number of rotatable bonds is 5. The quantitative estimate of drug-likeness (QED) is 0.244. The maximum absolute atomic E-state index is 13.7. The lowest BCUT2D eigenvalue weighted by Gasteiger charge is -2.15. The van der Waals surface area contributed by atoms with Crippen molar-refractivity contribution in [1.29, 1.82) is 0 Å². The van der Waals surface area contributed by atoms with Gasteiger partial charge >= 0.3 is 5.97 Å². The van der Waals surface area contributed by atoms with Crippen molar-refractivity contribution in [3.05, 3.63) is 71.2 Å². The van der Waals surface area contributed by atoms with Crippen molar-refractivity contribution in [3.63, 3.8) is 0 Å². The smallest absolute Gasteiger partial charge is 0.339 e. The van der Waals surface area contributed by atoms with Crippen molar-refractivity contribution in [2.24, 2.45) is 0 Å². The first-order chi connectivity index (χ1) is 13.7. The van der Waals surface area contributed by atoms with E-state index in [0.717, 1.165) is 54.3 Å². The van der Waals surface area contributed by atoms with Gasteiger partial charge in [0.2, 0.25) is 0 Å². The molecular weight excluding hydrogens is 373 g/mol. The first-order valence-electron chi connectivity index (χ1n) is 9.69. The number of fused-ring (bicyclic) bond motifs is 2. The summed E-state index contributed by atoms with van der Waals surface area (Å²) in [6.07, 6.45) is 5.09. The summed E-state index contributed by atoms with van der Waals surface area (Å²) in [4.78, 5) is 18.4. The molecule has 0 fully saturated rings. The molecule has 2 aromatic carbocycles. The molecule has 0 bridgehead atoms. The highest BCUT2D eigenvalue weighted by molar-refractivity contribution is 7.99. The van der Waals surface area contributed by atoms with Gasteiger partial charge in [0.1, 0.15) is 12.4 Å². The Morgan fingerprint density at radius 2 is 1.82 bits per heavy atom. The molecule has 4 rings (SSSR count). The zero-order valence-electron chi connectivity index (χ0n) is 15.6. The van der Waals surface area contributed by atoms with Crippen LogP contribution < -0.4 is 0 Å². The van der Waals surface area contributed by atoms with E-state index >= 15 is 0 Å². The van der Waals surface area contributed by atoms with Crippen LogP contribution in [0.25, 0.3) is 10.9 Å². The van der Waals surface area contributed by atoms with E-state index in [0.29, 0.717) is 16.2 Å². The van der Waals surface area contributed by atoms with Crippen molar-refractivity contribution in [2.45, 2.75) is 37.0 Å². The first kappa shape index (κ1) is 18.9. The zero-order valence-corrected chi connectivity index (χ0v) is 16.4. The highest BCUT2D eigenvalue weighted by Crippen LogP contribution is 2.29. The van der Waals surface area contributed by atoms with Crippen LogP contribution in [-0.4, -0.2) is 23.3 Å². The second-order valence-corrected chi connectivity index (χ2v) is 8.04. The number of ether oxygens (including phenoxy) is 1. The maximum atomic E-state index is 13.7. The van der Waals surface area contributed by atoms with Gasteiger partial charge in [-0.05, 0) is 49.4 Å². The van der Waals surface area contributed by atoms with E-state index in [1.165, 1.54) is 17.8 Å². The number of para-hydroxylation sites is 1. The Bertz CT molecular complexity index is 1010. The predicted molar refractivity (Wildman–Crippen MR) is 110 cm³/mol. The van der Waals surface area contributed by atoms with E-state index in [-0.39, 0.29) is 18.4 Å². The van der Waals surface area contributed by atoms with Gasteiger partial charge in [-0.2, -0.15) is 0 Å². The molecule has 5 heteroatoms. The number of thioether (sulfide) groups is 1. The fourth-order valence-electron chi connectivity index (χ4n) is 3.70. The summed E-state index contributed by atoms with van der Waals surface area (Å²) in [6.45, 7) is 0.239. The number of carbonyl (C=O) groups excluding carboxylic acids is 1. The second kappa shape index (κ2) is 8.74. The van der Waals surface area contributed by atoms with Crippen molar-refractivity contribution >= 4 is 28.6 Å². The molecular formula is C23H22FNO2S. The number of carbonyl (C=O) groups is 1. The minimum Gasteiger partial charge on any atom is -0.461 e. The molecule has 144 valence electrons. The number of benzene rings is 2. The average Bonchev–Trinajstić information content (AvgIpc) is 2.95. The minimum atomic E-state index is -0.300. The third kappa shape index (κ3) is 4.04. The average molecular weight is 395 g/mol. The summed E-state index contributed by atoms with van der Waals surface area (Å²) in [5.74, 6) is -0.0344. The molecule has 1 aromatic heterocycles. The fraction of sp³-hybridized carbons (Fsp3) is 0.304. The highest BCUT2D eigenvalue weighted by Gasteiger charge is 2.22. The number of aryl methyl sites for hydroxylation is 1. The number of pyridine rings is 1. The van der Waals surface area contributed by atoms with Crippen LogP contribution in [0.2, 0.25) is 0 Å². The Morgan fingerprint density at radius 3 is 2.71 bits per heavy atom. The van der Waals surface area contributed by atoms with E-state index in [9.17, 15) is 9.18 Å². The van der Waals surface area contributed by atoms with Gasteiger partial charge in [0.15, 0.2) is 0 Å². The fourth-order valence-corrected chi connectivity index (χ4v) is 4.47. The molecule has 3 nitrogen and oxygen atoms in total. The standard InChI is InChI=1S/C23H22FNO2S/c24-18-10-5-7-13-21(18)28-15-14-27-23(26)22-16-8-2-1-3-11-19(16)25-20-12-6-4-9-17(20)22/h4-7,9-10,12-13H,1-3,8,11,14-15H2. The summed E-state index contributed by atoms with van der Waals surface area (Å²) in [5, 5.41) is 0.856. The lowest BCUT2D eigenvalue weighted by atomic mass is 9.97. The Balaban J connectivity index is 1.53. The van der Waals surface area contributed by atoms with E-state index < -0.39 is 0 Å². The van der Waals surface area contributed by atoms with Crippen molar-refractivity contribution < 1.29 is 13.9 Å². The molecule has 0 N–H and O–H groups in total. The molecule has 1 heterocycles. The normalized spacial score (nSPS) is 13.8. The topological polar surface area (TPSA) is 39.2 Å². The molecule has 28 heavy (non-hydrogen) atoms. The summed E-state index contributed by atoms with van der Waals surface area (Å²) in [5.41, 5.74) is 3.58. The summed E-state index contributed by atoms with van der Waals surface area (Å²) in [6, 6.07) is 14.4. The van der Waals surface area contributed by atoms with Crippen LogP contribution in [-0.2, 0) is 17.6 Å². The molecule has 0 amide bonds. The third-order valence-electron chi connectivity index (χ3n) is 5.03. The number of esters is 1. The summed E-state index contributed by atoms with van der Waals surface area (Å²) < 4.78 is 19.3. The Labute approximate surface area is 168 Å². The van der Waals surface area contributed by atoms with E-state index in [2.05, 4.69) is 0 Å². The van der Waals surface area contributed by atoms with Gasteiger partial charge in [0.25, 0.3) is 0 Å². The van der Waals surface area contributed by atoms with Crippen LogP contribution in [0.3, 0.4) is 0 Å². The van der Waals surface area contributed by atoms with Crippen LogP contribution in [0, 0.1) is 5.82 Å². The molecule has 0 unspecified atom stereocenters. The SMILES string of the molecule is O=C(OCCSc1ccccc1F)c1c2c(nc3ccccc13)CCCCC2. The highest BCUT2D eigenvalue weighted by atomic mass is 32.2. The predicted octanol–water partition coefficient (Wildman–Crippen LogP) is 5.59. The minimum absolute atomic E-state index is 0.239. The van der Waals surface area contributed by atoms with E-state index in [1.54, 1.807) is 18.2 Å². The molecule has 3 aromatic rings. The molecule has 0 aliphatic heterocycles. The van der Waals surface area contributed by atoms with Gasteiger partial charge in [-0.3, -0.25) is 4.98 Å². The number of hydrogen-bond donors (Lipinski definition) is 0. The van der Waals surface area contributed by atoms with Crippen LogP contribution in [0.4, 0.5) is 4.39 Å². The van der Waals surface area contributed by atoms with Gasteiger partial charge in [-0.25, -0.2) is 9.18 Å². The lowest BCUT2D eigenvalue weighted by Crippen LogP contribution is -2.14. The van der Waals surface area contributed by atoms with Crippen LogP contribution >= 0.6 is 11.8 Å². The number of nitrogens with zero attached hydrogens (tertiary/aromatic N) is 1. The summed E-state index contributed by atoms with van der Waals surface area (Å²) >= 11 is 1.36. The maximum Gasteiger partial charge on any atom is 0.339 e. The molecule has 1 aliphatic rings. The Kier molecular flexibility index (Phi) is 5.91. The third-order valence-corrected chi connectivity index (χ3v) is 6.05. The molecule has 1 aliphatic carbocycles. The van der Waals surface area contributed by atoms with Gasteiger partial charge in [-0.1, -0.05) is 36.8 Å². The Hall–Kier alpha value is -2.40. The van der Waals surface area contributed by atoms with Crippen molar-refractivity contribution in [1.82, 2.24) is 4.98 Å². The van der Waals surface area contributed by atoms with Gasteiger partial charge in [-0.15, -0.1) is 11.8 Å². The van der Waals surface area contributed by atoms with Gasteiger partial charge < -0.3 is 4.74 Å². The number of hydrogen-bond acceptors (Lipinski definition) is 4. The summed E-state index contributed by atoms with van der Waals surface area (Å²) in [7, 11) is 0. The van der Waals surface area contributed by atoms with Crippen LogP contribution in [0.5, 0.6) is 0 Å². The van der Waals surface area contributed by atoms with Crippen molar-refractivity contribution in [2.75, 3.05) is 12.4 Å². The van der Waals surface area contributed by atoms with Gasteiger partial charge in [0.05, 0.1) is 11.1 Å². The van der Waals surface area contributed by atoms with Crippen LogP contribution in [0.1, 0.15) is 40.9 Å². The largest absolute Gasteiger partial charge is 0.461 e. The van der Waals surface area contributed by atoms with Crippen LogP contribution in [0.15, 0.2) is 53.4 Å². The molecule has 0 saturated carbocycles. The number of halogens is 1. The molecule has 0 radical (unpaired) electrons. The van der Waals surface area contributed by atoms with E-state index in [4.69, 9.17) is 9.72 Å². The number of aromatic nitrogens is 1. The Morgan fingerprint density at radius 1 is 1.04 bits per heavy atom. The molecule has 0 saturated heterocycles. The molecule has 0 spiro atoms. The second-order valence-electron chi connectivity index (χ2n) is 6.90. The first-order valence-corrected chi connectivity index (χ1v) is 10.7. The van der Waals surface area contributed by atoms with Crippen molar-refractivity contribution in [3.8, 4) is 0 Å². The zero-order chi connectivity index (χ0) is 19.3. The lowest BCUT2D eigenvalue weighted by molar-refractivity contribution is 0.0531. The molecule has 0 atom stereocenters. The monoisotopic (exact) mass is 395 g/mol. The van der Waals surface area contributed by atoms with Gasteiger partial charge in [0, 0.05) is 21.7 Å².